The number of benzene rings is 1. The number of rotatable bonds is 14. The van der Waals surface area contributed by atoms with Gasteiger partial charge in [0.1, 0.15) is 0 Å². The summed E-state index contributed by atoms with van der Waals surface area (Å²) in [5.41, 5.74) is 10.4. The van der Waals surface area contributed by atoms with E-state index in [9.17, 15) is 0 Å². The lowest BCUT2D eigenvalue weighted by atomic mass is 10.0. The average Bonchev–Trinajstić information content (AvgIpc) is 3.02. The minimum atomic E-state index is 0.500. The first-order chi connectivity index (χ1) is 20.1. The third-order valence-electron chi connectivity index (χ3n) is 8.13. The maximum absolute atomic E-state index is 5.34. The van der Waals surface area contributed by atoms with E-state index in [0.29, 0.717) is 6.10 Å². The molecule has 0 aliphatic carbocycles. The molecule has 1 aromatic rings. The summed E-state index contributed by atoms with van der Waals surface area (Å²) in [6.45, 7) is 34.9. The van der Waals surface area contributed by atoms with Gasteiger partial charge in [-0.2, -0.15) is 0 Å². The summed E-state index contributed by atoms with van der Waals surface area (Å²) in [6, 6.07) is 9.42. The normalized spacial score (nSPS) is 14.1. The molecule has 0 atom stereocenters. The molecule has 0 unspecified atom stereocenters. The van der Waals surface area contributed by atoms with Crippen molar-refractivity contribution < 1.29 is 4.74 Å². The smallest absolute Gasteiger partial charge is 0.0569 e. The van der Waals surface area contributed by atoms with E-state index in [0.717, 1.165) is 69.4 Å². The molecule has 238 valence electrons. The first-order valence-electron chi connectivity index (χ1n) is 16.7. The van der Waals surface area contributed by atoms with E-state index >= 15 is 0 Å². The van der Waals surface area contributed by atoms with Crippen molar-refractivity contribution in [3.8, 4) is 0 Å². The summed E-state index contributed by atoms with van der Waals surface area (Å²) in [6.07, 6.45) is 13.5. The zero-order valence-corrected chi connectivity index (χ0v) is 29.3. The standard InChI is InChI=1S/C23H38N2.C9H12.C7H16O/c1-8-12-23(13-9-2)25-16-14-24(15-17-25)21(7)20(6)18-22(11-4)19(5)10-3;1-3-9-6-4-8(2)5-7-9;1-4-7(5-2)8-6-3/h11,18,23H,3,7-9,12-17H2,1-2,4-6H3;4-7H,3H2,1-2H3;7H,4-6H2,1-3H3/b20-18-,22-11+;;. The lowest BCUT2D eigenvalue weighted by Gasteiger charge is -2.41. The first kappa shape index (κ1) is 39.7. The number of ether oxygens (including phenoxy) is 1. The number of hydrogen-bond donors (Lipinski definition) is 0. The number of nitrogens with zero attached hydrogens (tertiary/aromatic N) is 2. The zero-order chi connectivity index (χ0) is 31.9. The fourth-order valence-corrected chi connectivity index (χ4v) is 5.19. The van der Waals surface area contributed by atoms with Gasteiger partial charge in [-0.3, -0.25) is 4.90 Å². The fourth-order valence-electron chi connectivity index (χ4n) is 5.19. The van der Waals surface area contributed by atoms with Gasteiger partial charge in [0, 0.05) is 44.5 Å². The molecular formula is C39H66N2O. The van der Waals surface area contributed by atoms with E-state index in [1.165, 1.54) is 48.0 Å². The van der Waals surface area contributed by atoms with Crippen molar-refractivity contribution in [2.75, 3.05) is 32.8 Å². The number of hydrogen-bond acceptors (Lipinski definition) is 3. The Hall–Kier alpha value is -2.32. The Labute approximate surface area is 262 Å². The fraction of sp³-hybridized carbons (Fsp3) is 0.615. The Balaban J connectivity index is 0.000000799. The monoisotopic (exact) mass is 579 g/mol. The SMILES string of the molecule is C=C=C(C)C(/C=C(/C)C(=C)N1CCN(C(CCC)CCC)CC1)=C/C.CCOC(CC)CC.CCc1ccc(C)cc1. The molecular weight excluding hydrogens is 512 g/mol. The zero-order valence-electron chi connectivity index (χ0n) is 29.3. The van der Waals surface area contributed by atoms with Crippen molar-refractivity contribution in [2.24, 2.45) is 0 Å². The van der Waals surface area contributed by atoms with Crippen LogP contribution in [-0.4, -0.2) is 54.7 Å². The Morgan fingerprint density at radius 3 is 1.86 bits per heavy atom. The molecule has 1 heterocycles. The molecule has 0 N–H and O–H groups in total. The highest BCUT2D eigenvalue weighted by Crippen LogP contribution is 2.22. The van der Waals surface area contributed by atoms with Gasteiger partial charge in [0.25, 0.3) is 0 Å². The van der Waals surface area contributed by atoms with Gasteiger partial charge < -0.3 is 9.64 Å². The lowest BCUT2D eigenvalue weighted by molar-refractivity contribution is 0.0578. The van der Waals surface area contributed by atoms with Crippen molar-refractivity contribution >= 4 is 0 Å². The predicted octanol–water partition coefficient (Wildman–Crippen LogP) is 10.5. The van der Waals surface area contributed by atoms with Gasteiger partial charge in [-0.25, -0.2) is 0 Å². The molecule has 1 saturated heterocycles. The van der Waals surface area contributed by atoms with Gasteiger partial charge >= 0.3 is 0 Å². The van der Waals surface area contributed by atoms with Gasteiger partial charge in [-0.05, 0) is 95.1 Å². The van der Waals surface area contributed by atoms with E-state index in [1.54, 1.807) is 0 Å². The van der Waals surface area contributed by atoms with E-state index in [2.05, 4.69) is 127 Å². The third-order valence-corrected chi connectivity index (χ3v) is 8.13. The van der Waals surface area contributed by atoms with Crippen molar-refractivity contribution in [3.05, 3.63) is 88.8 Å². The summed E-state index contributed by atoms with van der Waals surface area (Å²) in [7, 11) is 0. The summed E-state index contributed by atoms with van der Waals surface area (Å²) >= 11 is 0. The van der Waals surface area contributed by atoms with Gasteiger partial charge in [0.15, 0.2) is 0 Å². The van der Waals surface area contributed by atoms with Gasteiger partial charge in [-0.15, -0.1) is 5.73 Å². The van der Waals surface area contributed by atoms with Crippen LogP contribution in [0, 0.1) is 6.92 Å². The van der Waals surface area contributed by atoms with E-state index < -0.39 is 0 Å². The molecule has 0 aromatic heterocycles. The second kappa shape index (κ2) is 24.2. The molecule has 2 rings (SSSR count). The number of allylic oxidation sites excluding steroid dienone is 5. The second-order valence-corrected chi connectivity index (χ2v) is 11.3. The molecule has 0 amide bonds. The van der Waals surface area contributed by atoms with Crippen LogP contribution in [0.3, 0.4) is 0 Å². The Morgan fingerprint density at radius 2 is 1.48 bits per heavy atom. The highest BCUT2D eigenvalue weighted by atomic mass is 16.5. The minimum Gasteiger partial charge on any atom is -0.379 e. The molecule has 1 aliphatic heterocycles. The molecule has 1 aliphatic rings. The molecule has 1 fully saturated rings. The molecule has 0 saturated carbocycles. The first-order valence-corrected chi connectivity index (χ1v) is 16.7. The van der Waals surface area contributed by atoms with Gasteiger partial charge in [0.05, 0.1) is 6.10 Å². The Kier molecular flexibility index (Phi) is 22.8. The summed E-state index contributed by atoms with van der Waals surface area (Å²) < 4.78 is 5.34. The van der Waals surface area contributed by atoms with Crippen LogP contribution < -0.4 is 0 Å². The molecule has 3 heteroatoms. The number of piperazine rings is 1. The second-order valence-electron chi connectivity index (χ2n) is 11.3. The molecule has 0 bridgehead atoms. The van der Waals surface area contributed by atoms with E-state index in [-0.39, 0.29) is 0 Å². The average molecular weight is 579 g/mol. The molecule has 3 nitrogen and oxygen atoms in total. The Morgan fingerprint density at radius 1 is 0.929 bits per heavy atom. The van der Waals surface area contributed by atoms with Crippen LogP contribution in [0.4, 0.5) is 0 Å². The van der Waals surface area contributed by atoms with Crippen molar-refractivity contribution in [3.63, 3.8) is 0 Å². The van der Waals surface area contributed by atoms with E-state index in [1.807, 2.05) is 6.92 Å². The Bertz CT molecular complexity index is 947. The lowest BCUT2D eigenvalue weighted by Crippen LogP contribution is -2.49. The van der Waals surface area contributed by atoms with Crippen LogP contribution in [0.5, 0.6) is 0 Å². The van der Waals surface area contributed by atoms with Crippen LogP contribution in [-0.2, 0) is 11.2 Å². The maximum atomic E-state index is 5.34. The van der Waals surface area contributed by atoms with Crippen LogP contribution >= 0.6 is 0 Å². The molecule has 42 heavy (non-hydrogen) atoms. The van der Waals surface area contributed by atoms with Crippen molar-refractivity contribution in [2.45, 2.75) is 126 Å². The maximum Gasteiger partial charge on any atom is 0.0569 e. The highest BCUT2D eigenvalue weighted by Gasteiger charge is 2.23. The topological polar surface area (TPSA) is 15.7 Å². The summed E-state index contributed by atoms with van der Waals surface area (Å²) in [5, 5.41) is 0. The van der Waals surface area contributed by atoms with Crippen LogP contribution in [0.2, 0.25) is 0 Å². The van der Waals surface area contributed by atoms with Crippen LogP contribution in [0.1, 0.15) is 112 Å². The van der Waals surface area contributed by atoms with Gasteiger partial charge in [0.2, 0.25) is 0 Å². The molecule has 0 spiro atoms. The molecule has 1 aromatic carbocycles. The summed E-state index contributed by atoms with van der Waals surface area (Å²) in [4.78, 5) is 5.13. The van der Waals surface area contributed by atoms with Crippen LogP contribution in [0.15, 0.2) is 77.7 Å². The van der Waals surface area contributed by atoms with Crippen LogP contribution in [0.25, 0.3) is 0 Å². The molecule has 0 radical (unpaired) electrons. The largest absolute Gasteiger partial charge is 0.379 e. The van der Waals surface area contributed by atoms with Gasteiger partial charge in [-0.1, -0.05) is 96.5 Å². The predicted molar refractivity (Wildman–Crippen MR) is 188 cm³/mol. The summed E-state index contributed by atoms with van der Waals surface area (Å²) in [5.74, 6) is 0. The highest BCUT2D eigenvalue weighted by molar-refractivity contribution is 5.43. The minimum absolute atomic E-state index is 0.500. The third kappa shape index (κ3) is 15.8. The van der Waals surface area contributed by atoms with E-state index in [4.69, 9.17) is 4.74 Å². The quantitative estimate of drug-likeness (QED) is 0.161. The van der Waals surface area contributed by atoms with Crippen molar-refractivity contribution in [1.82, 2.24) is 9.80 Å². The number of aryl methyl sites for hydroxylation is 2. The van der Waals surface area contributed by atoms with Crippen molar-refractivity contribution in [1.29, 1.82) is 0 Å².